The number of halogens is 4. The molecular formula is C11H11F4N. The van der Waals surface area contributed by atoms with Crippen molar-refractivity contribution in [3.05, 3.63) is 35.1 Å². The van der Waals surface area contributed by atoms with Gasteiger partial charge in [-0.2, -0.15) is 13.2 Å². The molecule has 1 aromatic carbocycles. The quantitative estimate of drug-likeness (QED) is 0.734. The molecule has 1 aromatic rings. The molecule has 0 saturated carbocycles. The van der Waals surface area contributed by atoms with Gasteiger partial charge in [-0.25, -0.2) is 4.39 Å². The molecule has 1 aliphatic rings. The second-order valence-corrected chi connectivity index (χ2v) is 3.85. The molecule has 0 unspecified atom stereocenters. The molecule has 0 aromatic heterocycles. The number of nitrogens with one attached hydrogen (secondary N) is 1. The highest BCUT2D eigenvalue weighted by molar-refractivity contribution is 5.34. The fourth-order valence-corrected chi connectivity index (χ4v) is 2.08. The average Bonchev–Trinajstić information content (AvgIpc) is 2.67. The Morgan fingerprint density at radius 1 is 1.25 bits per heavy atom. The number of benzene rings is 1. The smallest absolute Gasteiger partial charge is 0.310 e. The number of alkyl halides is 3. The van der Waals surface area contributed by atoms with Gasteiger partial charge in [-0.05, 0) is 31.0 Å². The van der Waals surface area contributed by atoms with Crippen molar-refractivity contribution in [3.63, 3.8) is 0 Å². The SMILES string of the molecule is Fc1cccc([C@H]2CCCN2)c1C(F)(F)F. The second kappa shape index (κ2) is 4.05. The Balaban J connectivity index is 2.47. The van der Waals surface area contributed by atoms with E-state index in [1.54, 1.807) is 0 Å². The third-order valence-corrected chi connectivity index (χ3v) is 2.77. The molecule has 88 valence electrons. The van der Waals surface area contributed by atoms with Gasteiger partial charge in [-0.15, -0.1) is 0 Å². The zero-order valence-electron chi connectivity index (χ0n) is 8.44. The van der Waals surface area contributed by atoms with E-state index in [0.29, 0.717) is 13.0 Å². The van der Waals surface area contributed by atoms with Gasteiger partial charge >= 0.3 is 6.18 Å². The summed E-state index contributed by atoms with van der Waals surface area (Å²) in [5.41, 5.74) is -1.11. The van der Waals surface area contributed by atoms with Crippen molar-refractivity contribution in [1.29, 1.82) is 0 Å². The lowest BCUT2D eigenvalue weighted by atomic mass is 9.98. The Morgan fingerprint density at radius 2 is 2.00 bits per heavy atom. The van der Waals surface area contributed by atoms with Crippen molar-refractivity contribution in [2.75, 3.05) is 6.54 Å². The van der Waals surface area contributed by atoms with Crippen LogP contribution in [0.4, 0.5) is 17.6 Å². The zero-order valence-corrected chi connectivity index (χ0v) is 8.44. The highest BCUT2D eigenvalue weighted by Crippen LogP contribution is 2.38. The van der Waals surface area contributed by atoms with E-state index < -0.39 is 17.6 Å². The van der Waals surface area contributed by atoms with Crippen LogP contribution in [0.2, 0.25) is 0 Å². The minimum absolute atomic E-state index is 0.0185. The second-order valence-electron chi connectivity index (χ2n) is 3.85. The highest BCUT2D eigenvalue weighted by atomic mass is 19.4. The summed E-state index contributed by atoms with van der Waals surface area (Å²) in [6.45, 7) is 0.679. The van der Waals surface area contributed by atoms with Crippen molar-refractivity contribution >= 4 is 0 Å². The molecule has 0 bridgehead atoms. The topological polar surface area (TPSA) is 12.0 Å². The molecular weight excluding hydrogens is 222 g/mol. The van der Waals surface area contributed by atoms with Crippen molar-refractivity contribution < 1.29 is 17.6 Å². The van der Waals surface area contributed by atoms with Gasteiger partial charge in [0.1, 0.15) is 5.82 Å². The Kier molecular flexibility index (Phi) is 2.88. The number of rotatable bonds is 1. The van der Waals surface area contributed by atoms with Gasteiger partial charge < -0.3 is 5.32 Å². The molecule has 0 amide bonds. The first-order valence-electron chi connectivity index (χ1n) is 5.09. The van der Waals surface area contributed by atoms with Crippen LogP contribution in [0.15, 0.2) is 18.2 Å². The largest absolute Gasteiger partial charge is 0.419 e. The summed E-state index contributed by atoms with van der Waals surface area (Å²) in [7, 11) is 0. The summed E-state index contributed by atoms with van der Waals surface area (Å²) in [5, 5.41) is 2.95. The first-order chi connectivity index (χ1) is 7.50. The van der Waals surface area contributed by atoms with Gasteiger partial charge in [-0.1, -0.05) is 12.1 Å². The van der Waals surface area contributed by atoms with Gasteiger partial charge in [0.15, 0.2) is 0 Å². The summed E-state index contributed by atoms with van der Waals surface area (Å²) >= 11 is 0. The maximum absolute atomic E-state index is 13.3. The lowest BCUT2D eigenvalue weighted by Crippen LogP contribution is -2.19. The molecule has 1 fully saturated rings. The summed E-state index contributed by atoms with van der Waals surface area (Å²) in [4.78, 5) is 0. The predicted octanol–water partition coefficient (Wildman–Crippen LogP) is 3.27. The van der Waals surface area contributed by atoms with Gasteiger partial charge in [0.05, 0.1) is 5.56 Å². The number of hydrogen-bond donors (Lipinski definition) is 1. The van der Waals surface area contributed by atoms with Crippen LogP contribution in [0.5, 0.6) is 0 Å². The Hall–Kier alpha value is -1.10. The van der Waals surface area contributed by atoms with Crippen molar-refractivity contribution in [3.8, 4) is 0 Å². The Labute approximate surface area is 90.5 Å². The van der Waals surface area contributed by atoms with Crippen LogP contribution in [0, 0.1) is 5.82 Å². The van der Waals surface area contributed by atoms with Crippen LogP contribution in [0.25, 0.3) is 0 Å². The van der Waals surface area contributed by atoms with Crippen LogP contribution >= 0.6 is 0 Å². The first-order valence-corrected chi connectivity index (χ1v) is 5.09. The molecule has 16 heavy (non-hydrogen) atoms. The summed E-state index contributed by atoms with van der Waals surface area (Å²) in [6, 6.07) is 3.13. The van der Waals surface area contributed by atoms with E-state index in [9.17, 15) is 17.6 Å². The fourth-order valence-electron chi connectivity index (χ4n) is 2.08. The van der Waals surface area contributed by atoms with E-state index in [1.807, 2.05) is 0 Å². The van der Waals surface area contributed by atoms with Crippen molar-refractivity contribution in [2.24, 2.45) is 0 Å². The Morgan fingerprint density at radius 3 is 2.56 bits per heavy atom. The van der Waals surface area contributed by atoms with E-state index >= 15 is 0 Å². The van der Waals surface area contributed by atoms with E-state index in [1.165, 1.54) is 12.1 Å². The predicted molar refractivity (Wildman–Crippen MR) is 51.4 cm³/mol. The molecule has 5 heteroatoms. The van der Waals surface area contributed by atoms with E-state index in [4.69, 9.17) is 0 Å². The lowest BCUT2D eigenvalue weighted by Gasteiger charge is -2.18. The average molecular weight is 233 g/mol. The van der Waals surface area contributed by atoms with Crippen LogP contribution < -0.4 is 5.32 Å². The van der Waals surface area contributed by atoms with E-state index in [0.717, 1.165) is 12.5 Å². The van der Waals surface area contributed by atoms with Gasteiger partial charge in [0.2, 0.25) is 0 Å². The Bertz CT molecular complexity index is 380. The minimum Gasteiger partial charge on any atom is -0.310 e. The molecule has 0 radical (unpaired) electrons. The van der Waals surface area contributed by atoms with Crippen LogP contribution in [0.3, 0.4) is 0 Å². The zero-order chi connectivity index (χ0) is 11.8. The molecule has 2 rings (SSSR count). The molecule has 1 heterocycles. The number of hydrogen-bond acceptors (Lipinski definition) is 1. The van der Waals surface area contributed by atoms with Crippen LogP contribution in [0.1, 0.15) is 30.0 Å². The first kappa shape index (κ1) is 11.4. The van der Waals surface area contributed by atoms with E-state index in [-0.39, 0.29) is 11.6 Å². The monoisotopic (exact) mass is 233 g/mol. The standard InChI is InChI=1S/C11H11F4N/c12-8-4-1-3-7(9-5-2-6-16-9)10(8)11(13,14)15/h1,3-4,9,16H,2,5-6H2/t9-/m1/s1. The molecule has 1 N–H and O–H groups in total. The normalized spacial score (nSPS) is 21.4. The highest BCUT2D eigenvalue weighted by Gasteiger charge is 2.38. The van der Waals surface area contributed by atoms with Crippen LogP contribution in [-0.4, -0.2) is 6.54 Å². The summed E-state index contributed by atoms with van der Waals surface area (Å²) < 4.78 is 51.3. The fraction of sp³-hybridized carbons (Fsp3) is 0.455. The molecule has 1 aliphatic heterocycles. The lowest BCUT2D eigenvalue weighted by molar-refractivity contribution is -0.140. The van der Waals surface area contributed by atoms with Crippen molar-refractivity contribution in [2.45, 2.75) is 25.1 Å². The molecule has 0 aliphatic carbocycles. The third-order valence-electron chi connectivity index (χ3n) is 2.77. The molecule has 1 saturated heterocycles. The van der Waals surface area contributed by atoms with Crippen LogP contribution in [-0.2, 0) is 6.18 Å². The third kappa shape index (κ3) is 2.04. The maximum Gasteiger partial charge on any atom is 0.419 e. The molecule has 1 atom stereocenters. The van der Waals surface area contributed by atoms with E-state index in [2.05, 4.69) is 5.32 Å². The van der Waals surface area contributed by atoms with Gasteiger partial charge in [0, 0.05) is 6.04 Å². The summed E-state index contributed by atoms with van der Waals surface area (Å²) in [6.07, 6.45) is -3.20. The summed E-state index contributed by atoms with van der Waals surface area (Å²) in [5.74, 6) is -1.20. The minimum atomic E-state index is -4.63. The maximum atomic E-state index is 13.3. The van der Waals surface area contributed by atoms with Gasteiger partial charge in [0.25, 0.3) is 0 Å². The molecule has 1 nitrogen and oxygen atoms in total. The van der Waals surface area contributed by atoms with Crippen molar-refractivity contribution in [1.82, 2.24) is 5.32 Å². The molecule has 0 spiro atoms. The van der Waals surface area contributed by atoms with Gasteiger partial charge in [-0.3, -0.25) is 0 Å².